The zero-order chi connectivity index (χ0) is 17.4. The Kier molecular flexibility index (Phi) is 4.46. The van der Waals surface area contributed by atoms with Gasteiger partial charge in [-0.3, -0.25) is 9.59 Å². The van der Waals surface area contributed by atoms with Crippen molar-refractivity contribution in [2.45, 2.75) is 26.0 Å². The van der Waals surface area contributed by atoms with Crippen LogP contribution in [-0.2, 0) is 19.6 Å². The van der Waals surface area contributed by atoms with Crippen molar-refractivity contribution in [1.29, 1.82) is 0 Å². The first-order chi connectivity index (χ1) is 10.7. The van der Waals surface area contributed by atoms with Crippen LogP contribution in [-0.4, -0.2) is 32.7 Å². The molecule has 23 heavy (non-hydrogen) atoms. The van der Waals surface area contributed by atoms with E-state index in [2.05, 4.69) is 4.74 Å². The number of nitrogens with one attached hydrogen (secondary N) is 1. The van der Waals surface area contributed by atoms with Gasteiger partial charge >= 0.3 is 11.9 Å². The molecule has 1 unspecified atom stereocenters. The van der Waals surface area contributed by atoms with Crippen LogP contribution in [0.5, 0.6) is 0 Å². The first-order valence-corrected chi connectivity index (χ1v) is 8.36. The Morgan fingerprint density at radius 2 is 1.91 bits per heavy atom. The highest BCUT2D eigenvalue weighted by atomic mass is 32.2. The molecule has 1 heterocycles. The molecule has 2 rings (SSSR count). The number of amides is 1. The third-order valence-corrected chi connectivity index (χ3v) is 5.19. The molecule has 1 aromatic heterocycles. The summed E-state index contributed by atoms with van der Waals surface area (Å²) in [6.45, 7) is 4.62. The number of para-hydroxylation sites is 1. The number of carbonyl (C=O) groups is 2. The number of sulfonamides is 1. The lowest BCUT2D eigenvalue weighted by molar-refractivity contribution is -0.139. The lowest BCUT2D eigenvalue weighted by Crippen LogP contribution is -2.41. The minimum absolute atomic E-state index is 0.102. The second-order valence-electron chi connectivity index (χ2n) is 5.15. The van der Waals surface area contributed by atoms with Crippen molar-refractivity contribution < 1.29 is 27.2 Å². The Labute approximate surface area is 133 Å². The molecule has 2 aromatic rings. The number of esters is 1. The van der Waals surface area contributed by atoms with Crippen LogP contribution in [0.25, 0.3) is 11.0 Å². The van der Waals surface area contributed by atoms with E-state index in [1.807, 2.05) is 23.8 Å². The van der Waals surface area contributed by atoms with Crippen molar-refractivity contribution in [1.82, 2.24) is 4.72 Å². The fourth-order valence-corrected chi connectivity index (χ4v) is 3.03. The first-order valence-electron chi connectivity index (χ1n) is 6.81. The summed E-state index contributed by atoms with van der Waals surface area (Å²) in [5.41, 5.74) is 1.88. The predicted molar refractivity (Wildman–Crippen MR) is 83.6 cm³/mol. The number of methoxy groups -OCH3 is 1. The molecule has 1 aromatic carbocycles. The van der Waals surface area contributed by atoms with Gasteiger partial charge in [0.2, 0.25) is 10.0 Å². The second-order valence-corrected chi connectivity index (χ2v) is 7.15. The predicted octanol–water partition coefficient (Wildman–Crippen LogP) is 1.67. The summed E-state index contributed by atoms with van der Waals surface area (Å²) in [7, 11) is -3.15. The smallest absolute Gasteiger partial charge is 0.325 e. The molecule has 124 valence electrons. The van der Waals surface area contributed by atoms with Crippen LogP contribution in [0, 0.1) is 13.8 Å². The van der Waals surface area contributed by atoms with Crippen molar-refractivity contribution in [3.8, 4) is 0 Å². The van der Waals surface area contributed by atoms with E-state index in [0.29, 0.717) is 11.1 Å². The molecule has 8 heteroatoms. The van der Waals surface area contributed by atoms with Crippen LogP contribution in [0.3, 0.4) is 0 Å². The largest absolute Gasteiger partial charge is 0.468 e. The summed E-state index contributed by atoms with van der Waals surface area (Å²) in [5.74, 6) is -1.98. The molecule has 0 aliphatic heterocycles. The molecule has 1 atom stereocenters. The SMILES string of the molecule is COC(=O)C(C)S(=O)(=O)NC(=O)c1oc2c(C)cccc2c1C. The number of hydrogen-bond acceptors (Lipinski definition) is 6. The third kappa shape index (κ3) is 3.07. The monoisotopic (exact) mass is 339 g/mol. The van der Waals surface area contributed by atoms with Gasteiger partial charge in [-0.15, -0.1) is 0 Å². The Hall–Kier alpha value is -2.35. The molecule has 0 radical (unpaired) electrons. The summed E-state index contributed by atoms with van der Waals surface area (Å²) in [6, 6.07) is 5.42. The summed E-state index contributed by atoms with van der Waals surface area (Å²) < 4.78 is 35.8. The van der Waals surface area contributed by atoms with Crippen LogP contribution in [0.15, 0.2) is 22.6 Å². The number of furan rings is 1. The van der Waals surface area contributed by atoms with Gasteiger partial charge in [0.25, 0.3) is 0 Å². The van der Waals surface area contributed by atoms with Crippen molar-refractivity contribution in [3.63, 3.8) is 0 Å². The van der Waals surface area contributed by atoms with E-state index in [0.717, 1.165) is 25.0 Å². The summed E-state index contributed by atoms with van der Waals surface area (Å²) in [4.78, 5) is 23.6. The van der Waals surface area contributed by atoms with E-state index >= 15 is 0 Å². The number of fused-ring (bicyclic) bond motifs is 1. The van der Waals surface area contributed by atoms with E-state index < -0.39 is 27.1 Å². The van der Waals surface area contributed by atoms with Gasteiger partial charge in [-0.05, 0) is 26.3 Å². The molecule has 0 aliphatic carbocycles. The topological polar surface area (TPSA) is 103 Å². The van der Waals surface area contributed by atoms with Crippen LogP contribution in [0.2, 0.25) is 0 Å². The van der Waals surface area contributed by atoms with Gasteiger partial charge in [-0.25, -0.2) is 13.1 Å². The maximum atomic E-state index is 12.2. The van der Waals surface area contributed by atoms with E-state index in [9.17, 15) is 18.0 Å². The summed E-state index contributed by atoms with van der Waals surface area (Å²) >= 11 is 0. The summed E-state index contributed by atoms with van der Waals surface area (Å²) in [6.07, 6.45) is 0. The van der Waals surface area contributed by atoms with Crippen LogP contribution in [0.4, 0.5) is 0 Å². The van der Waals surface area contributed by atoms with Gasteiger partial charge in [0, 0.05) is 10.9 Å². The number of ether oxygens (including phenoxy) is 1. The molecular weight excluding hydrogens is 322 g/mol. The minimum atomic E-state index is -4.22. The Balaban J connectivity index is 2.37. The molecule has 0 bridgehead atoms. The molecule has 0 saturated heterocycles. The lowest BCUT2D eigenvalue weighted by Gasteiger charge is -2.11. The lowest BCUT2D eigenvalue weighted by atomic mass is 10.1. The highest BCUT2D eigenvalue weighted by Gasteiger charge is 2.32. The van der Waals surface area contributed by atoms with Crippen molar-refractivity contribution in [3.05, 3.63) is 35.1 Å². The zero-order valence-corrected chi connectivity index (χ0v) is 14.0. The number of aryl methyl sites for hydroxylation is 2. The molecule has 0 saturated carbocycles. The number of benzene rings is 1. The van der Waals surface area contributed by atoms with Crippen molar-refractivity contribution in [2.75, 3.05) is 7.11 Å². The van der Waals surface area contributed by atoms with Gasteiger partial charge in [0.15, 0.2) is 11.0 Å². The molecule has 0 spiro atoms. The van der Waals surface area contributed by atoms with E-state index in [1.54, 1.807) is 13.0 Å². The molecule has 1 amide bonds. The number of carbonyl (C=O) groups excluding carboxylic acids is 2. The molecule has 0 fully saturated rings. The van der Waals surface area contributed by atoms with Crippen molar-refractivity contribution in [2.24, 2.45) is 0 Å². The maximum absolute atomic E-state index is 12.2. The Morgan fingerprint density at radius 1 is 1.26 bits per heavy atom. The van der Waals surface area contributed by atoms with Gasteiger partial charge in [0.1, 0.15) is 5.58 Å². The highest BCUT2D eigenvalue weighted by Crippen LogP contribution is 2.27. The summed E-state index contributed by atoms with van der Waals surface area (Å²) in [5, 5.41) is -0.781. The third-order valence-electron chi connectivity index (χ3n) is 3.60. The van der Waals surface area contributed by atoms with Gasteiger partial charge in [-0.1, -0.05) is 18.2 Å². The Morgan fingerprint density at radius 3 is 2.48 bits per heavy atom. The highest BCUT2D eigenvalue weighted by molar-refractivity contribution is 7.91. The van der Waals surface area contributed by atoms with E-state index in [4.69, 9.17) is 4.42 Å². The average Bonchev–Trinajstić information content (AvgIpc) is 2.84. The minimum Gasteiger partial charge on any atom is -0.468 e. The van der Waals surface area contributed by atoms with Gasteiger partial charge in [-0.2, -0.15) is 0 Å². The maximum Gasteiger partial charge on any atom is 0.325 e. The molecular formula is C15H17NO6S. The van der Waals surface area contributed by atoms with Gasteiger partial charge < -0.3 is 9.15 Å². The molecule has 1 N–H and O–H groups in total. The van der Waals surface area contributed by atoms with Crippen LogP contribution in [0.1, 0.15) is 28.6 Å². The van der Waals surface area contributed by atoms with Crippen LogP contribution >= 0.6 is 0 Å². The fraction of sp³-hybridized carbons (Fsp3) is 0.333. The number of hydrogen-bond donors (Lipinski definition) is 1. The van der Waals surface area contributed by atoms with Gasteiger partial charge in [0.05, 0.1) is 7.11 Å². The Bertz CT molecular complexity index is 881. The average molecular weight is 339 g/mol. The van der Waals surface area contributed by atoms with E-state index in [1.165, 1.54) is 0 Å². The van der Waals surface area contributed by atoms with Crippen molar-refractivity contribution >= 4 is 32.9 Å². The first kappa shape index (κ1) is 17.0. The number of rotatable bonds is 4. The quantitative estimate of drug-likeness (QED) is 0.850. The fourth-order valence-electron chi connectivity index (χ4n) is 2.16. The normalized spacial score (nSPS) is 12.9. The second kappa shape index (κ2) is 6.04. The molecule has 7 nitrogen and oxygen atoms in total. The van der Waals surface area contributed by atoms with E-state index in [-0.39, 0.29) is 5.76 Å². The zero-order valence-electron chi connectivity index (χ0n) is 13.2. The molecule has 0 aliphatic rings. The van der Waals surface area contributed by atoms with Crippen LogP contribution < -0.4 is 4.72 Å². The standard InChI is InChI=1S/C15H17NO6S/c1-8-6-5-7-11-9(2)13(22-12(8)11)14(17)16-23(19,20)10(3)15(18)21-4/h5-7,10H,1-4H3,(H,16,17).